The van der Waals surface area contributed by atoms with Crippen LogP contribution in [0.5, 0.6) is 5.75 Å². The lowest BCUT2D eigenvalue weighted by atomic mass is 10.2. The molecule has 0 aliphatic carbocycles. The van der Waals surface area contributed by atoms with Crippen molar-refractivity contribution in [2.45, 2.75) is 6.42 Å². The molecular formula is C12H14N2O3S. The summed E-state index contributed by atoms with van der Waals surface area (Å²) in [6.45, 7) is 0.302. The predicted octanol–water partition coefficient (Wildman–Crippen LogP) is 1.29. The topological polar surface area (TPSA) is 82.3 Å². The third-order valence-corrected chi connectivity index (χ3v) is 3.27. The van der Waals surface area contributed by atoms with Gasteiger partial charge in [0, 0.05) is 5.39 Å². The summed E-state index contributed by atoms with van der Waals surface area (Å²) in [5.41, 5.74) is 0.898. The van der Waals surface area contributed by atoms with Crippen molar-refractivity contribution in [3.63, 3.8) is 0 Å². The predicted molar refractivity (Wildman–Crippen MR) is 69.8 cm³/mol. The number of primary sulfonamides is 1. The zero-order chi connectivity index (χ0) is 13.0. The molecule has 1 aromatic carbocycles. The van der Waals surface area contributed by atoms with Crippen LogP contribution in [-0.2, 0) is 10.0 Å². The molecule has 2 rings (SSSR count). The second-order valence-electron chi connectivity index (χ2n) is 3.93. The number of aromatic nitrogens is 1. The number of rotatable bonds is 5. The molecule has 0 amide bonds. The number of nitrogens with two attached hydrogens (primary N) is 1. The van der Waals surface area contributed by atoms with Gasteiger partial charge in [0.05, 0.1) is 24.1 Å². The van der Waals surface area contributed by atoms with Crippen LogP contribution in [0.4, 0.5) is 0 Å². The van der Waals surface area contributed by atoms with E-state index in [9.17, 15) is 8.42 Å². The molecule has 0 saturated heterocycles. The number of hydrogen-bond donors (Lipinski definition) is 1. The van der Waals surface area contributed by atoms with Crippen LogP contribution in [0.15, 0.2) is 36.5 Å². The van der Waals surface area contributed by atoms with Gasteiger partial charge in [-0.3, -0.25) is 4.98 Å². The van der Waals surface area contributed by atoms with Crippen molar-refractivity contribution in [1.29, 1.82) is 0 Å². The first-order valence-corrected chi connectivity index (χ1v) is 7.24. The van der Waals surface area contributed by atoms with Crippen LogP contribution in [0.1, 0.15) is 6.42 Å². The van der Waals surface area contributed by atoms with Gasteiger partial charge >= 0.3 is 0 Å². The van der Waals surface area contributed by atoms with Crippen LogP contribution >= 0.6 is 0 Å². The fourth-order valence-electron chi connectivity index (χ4n) is 1.58. The summed E-state index contributed by atoms with van der Waals surface area (Å²) in [7, 11) is -3.41. The van der Waals surface area contributed by atoms with Gasteiger partial charge in [-0.25, -0.2) is 13.6 Å². The normalized spacial score (nSPS) is 11.6. The van der Waals surface area contributed by atoms with Gasteiger partial charge in [-0.1, -0.05) is 18.2 Å². The Morgan fingerprint density at radius 3 is 2.83 bits per heavy atom. The van der Waals surface area contributed by atoms with E-state index < -0.39 is 10.0 Å². The Kier molecular flexibility index (Phi) is 3.78. The van der Waals surface area contributed by atoms with Gasteiger partial charge in [0.2, 0.25) is 10.0 Å². The maximum absolute atomic E-state index is 10.7. The van der Waals surface area contributed by atoms with Gasteiger partial charge in [0.25, 0.3) is 0 Å². The first-order valence-electron chi connectivity index (χ1n) is 5.53. The number of fused-ring (bicyclic) bond motifs is 1. The number of nitrogens with zero attached hydrogens (tertiary/aromatic N) is 1. The minimum atomic E-state index is -3.41. The first kappa shape index (κ1) is 12.8. The molecule has 0 aliphatic rings. The van der Waals surface area contributed by atoms with E-state index in [2.05, 4.69) is 4.98 Å². The summed E-state index contributed by atoms with van der Waals surface area (Å²) >= 11 is 0. The number of pyridine rings is 1. The summed E-state index contributed by atoms with van der Waals surface area (Å²) in [5.74, 6) is 0.553. The zero-order valence-electron chi connectivity index (χ0n) is 9.74. The highest BCUT2D eigenvalue weighted by molar-refractivity contribution is 7.89. The van der Waals surface area contributed by atoms with Crippen molar-refractivity contribution in [1.82, 2.24) is 4.98 Å². The van der Waals surface area contributed by atoms with Crippen molar-refractivity contribution < 1.29 is 13.2 Å². The highest BCUT2D eigenvalue weighted by Gasteiger charge is 2.03. The Balaban J connectivity index is 1.96. The van der Waals surface area contributed by atoms with Crippen LogP contribution in [0.25, 0.3) is 10.9 Å². The van der Waals surface area contributed by atoms with Crippen LogP contribution in [-0.4, -0.2) is 25.8 Å². The van der Waals surface area contributed by atoms with Crippen molar-refractivity contribution in [2.24, 2.45) is 5.14 Å². The number of ether oxygens (including phenoxy) is 1. The molecule has 18 heavy (non-hydrogen) atoms. The summed E-state index contributed by atoms with van der Waals surface area (Å²) in [6, 6.07) is 9.58. The molecule has 0 aliphatic heterocycles. The van der Waals surface area contributed by atoms with Gasteiger partial charge in [-0.05, 0) is 18.6 Å². The van der Waals surface area contributed by atoms with Crippen LogP contribution in [0.2, 0.25) is 0 Å². The minimum absolute atomic E-state index is 0.0754. The summed E-state index contributed by atoms with van der Waals surface area (Å²) in [4.78, 5) is 4.24. The lowest BCUT2D eigenvalue weighted by Gasteiger charge is -2.06. The van der Waals surface area contributed by atoms with E-state index in [4.69, 9.17) is 9.88 Å². The average molecular weight is 266 g/mol. The van der Waals surface area contributed by atoms with Crippen LogP contribution < -0.4 is 9.88 Å². The third-order valence-electron chi connectivity index (χ3n) is 2.41. The highest BCUT2D eigenvalue weighted by Crippen LogP contribution is 2.17. The number of para-hydroxylation sites is 1. The molecule has 0 radical (unpaired) electrons. The largest absolute Gasteiger partial charge is 0.492 e. The third kappa shape index (κ3) is 3.68. The molecule has 0 fully saturated rings. The maximum atomic E-state index is 10.7. The minimum Gasteiger partial charge on any atom is -0.492 e. The molecule has 0 saturated carbocycles. The smallest absolute Gasteiger partial charge is 0.209 e. The lowest BCUT2D eigenvalue weighted by molar-refractivity contribution is 0.317. The van der Waals surface area contributed by atoms with Crippen molar-refractivity contribution in [2.75, 3.05) is 12.4 Å². The van der Waals surface area contributed by atoms with Gasteiger partial charge in [-0.2, -0.15) is 0 Å². The SMILES string of the molecule is NS(=O)(=O)CCCOc1cnc2ccccc2c1. The molecule has 0 atom stereocenters. The molecule has 0 spiro atoms. The molecule has 1 heterocycles. The second-order valence-corrected chi connectivity index (χ2v) is 5.67. The second kappa shape index (κ2) is 5.32. The van der Waals surface area contributed by atoms with E-state index >= 15 is 0 Å². The van der Waals surface area contributed by atoms with Crippen molar-refractivity contribution in [3.8, 4) is 5.75 Å². The van der Waals surface area contributed by atoms with Gasteiger partial charge < -0.3 is 4.74 Å². The van der Waals surface area contributed by atoms with E-state index in [1.165, 1.54) is 0 Å². The monoisotopic (exact) mass is 266 g/mol. The highest BCUT2D eigenvalue weighted by atomic mass is 32.2. The summed E-state index contributed by atoms with van der Waals surface area (Å²) < 4.78 is 26.9. The lowest BCUT2D eigenvalue weighted by Crippen LogP contribution is -2.18. The van der Waals surface area contributed by atoms with Crippen LogP contribution in [0, 0.1) is 0 Å². The van der Waals surface area contributed by atoms with E-state index in [0.717, 1.165) is 10.9 Å². The van der Waals surface area contributed by atoms with Gasteiger partial charge in [-0.15, -0.1) is 0 Å². The van der Waals surface area contributed by atoms with Gasteiger partial charge in [0.1, 0.15) is 5.75 Å². The quantitative estimate of drug-likeness (QED) is 0.827. The molecule has 6 heteroatoms. The Morgan fingerprint density at radius 2 is 2.06 bits per heavy atom. The fourth-order valence-corrected chi connectivity index (χ4v) is 2.10. The molecule has 96 valence electrons. The molecule has 1 aromatic heterocycles. The molecule has 0 bridgehead atoms. The Bertz CT molecular complexity index is 641. The fraction of sp³-hybridized carbons (Fsp3) is 0.250. The van der Waals surface area contributed by atoms with E-state index in [1.807, 2.05) is 30.3 Å². The van der Waals surface area contributed by atoms with E-state index in [-0.39, 0.29) is 5.75 Å². The standard InChI is InChI=1S/C12H14N2O3S/c13-18(15,16)7-3-6-17-11-8-10-4-1-2-5-12(10)14-9-11/h1-2,4-5,8-9H,3,6-7H2,(H2,13,15,16). The van der Waals surface area contributed by atoms with Crippen LogP contribution in [0.3, 0.4) is 0 Å². The number of benzene rings is 1. The number of hydrogen-bond acceptors (Lipinski definition) is 4. The molecule has 0 unspecified atom stereocenters. The molecule has 5 nitrogen and oxygen atoms in total. The Hall–Kier alpha value is -1.66. The zero-order valence-corrected chi connectivity index (χ0v) is 10.6. The van der Waals surface area contributed by atoms with E-state index in [1.54, 1.807) is 6.20 Å². The van der Waals surface area contributed by atoms with Gasteiger partial charge in [0.15, 0.2) is 0 Å². The molecular weight excluding hydrogens is 252 g/mol. The van der Waals surface area contributed by atoms with Crippen molar-refractivity contribution >= 4 is 20.9 Å². The Labute approximate surface area is 106 Å². The van der Waals surface area contributed by atoms with Crippen molar-refractivity contribution in [3.05, 3.63) is 36.5 Å². The van der Waals surface area contributed by atoms with E-state index in [0.29, 0.717) is 18.8 Å². The number of sulfonamides is 1. The average Bonchev–Trinajstić information content (AvgIpc) is 2.33. The summed E-state index contributed by atoms with van der Waals surface area (Å²) in [5, 5.41) is 5.88. The maximum Gasteiger partial charge on any atom is 0.209 e. The molecule has 2 N–H and O–H groups in total. The molecule has 2 aromatic rings. The summed E-state index contributed by atoms with van der Waals surface area (Å²) in [6.07, 6.45) is 1.99. The first-order chi connectivity index (χ1) is 8.54. The Morgan fingerprint density at radius 1 is 1.28 bits per heavy atom.